The minimum absolute atomic E-state index is 0.141. The smallest absolute Gasteiger partial charge is 0.254 e. The van der Waals surface area contributed by atoms with E-state index in [4.69, 9.17) is 0 Å². The van der Waals surface area contributed by atoms with Gasteiger partial charge in [0.25, 0.3) is 5.91 Å². The highest BCUT2D eigenvalue weighted by Crippen LogP contribution is 2.14. The summed E-state index contributed by atoms with van der Waals surface area (Å²) in [7, 11) is 0. The summed E-state index contributed by atoms with van der Waals surface area (Å²) in [4.78, 5) is 14.1. The number of hydrogen-bond acceptors (Lipinski definition) is 1. The predicted octanol–water partition coefficient (Wildman–Crippen LogP) is 3.08. The van der Waals surface area contributed by atoms with Crippen molar-refractivity contribution in [1.82, 2.24) is 4.90 Å². The van der Waals surface area contributed by atoms with Crippen LogP contribution in [-0.2, 0) is 0 Å². The molecule has 0 radical (unpaired) electrons. The van der Waals surface area contributed by atoms with Gasteiger partial charge in [-0.3, -0.25) is 4.79 Å². The van der Waals surface area contributed by atoms with Crippen LogP contribution in [-0.4, -0.2) is 23.9 Å². The molecule has 0 saturated heterocycles. The van der Waals surface area contributed by atoms with Crippen LogP contribution in [0.2, 0.25) is 0 Å². The van der Waals surface area contributed by atoms with Crippen molar-refractivity contribution < 1.29 is 4.79 Å². The van der Waals surface area contributed by atoms with E-state index in [9.17, 15) is 4.79 Å². The van der Waals surface area contributed by atoms with E-state index in [1.807, 2.05) is 29.2 Å². The van der Waals surface area contributed by atoms with Gasteiger partial charge in [-0.15, -0.1) is 0 Å². The first-order valence-corrected chi connectivity index (χ1v) is 6.45. The number of halogens is 1. The van der Waals surface area contributed by atoms with Crippen molar-refractivity contribution in [2.24, 2.45) is 0 Å². The van der Waals surface area contributed by atoms with Gasteiger partial charge in [0, 0.05) is 22.2 Å². The number of hydrogen-bond donors (Lipinski definition) is 0. The van der Waals surface area contributed by atoms with Crippen LogP contribution in [0.3, 0.4) is 0 Å². The molecule has 84 valence electrons. The van der Waals surface area contributed by atoms with Gasteiger partial charge in [0.05, 0.1) is 0 Å². The highest BCUT2D eigenvalue weighted by molar-refractivity contribution is 14.1. The maximum atomic E-state index is 12.2. The van der Waals surface area contributed by atoms with E-state index in [1.54, 1.807) is 0 Å². The molecule has 1 heterocycles. The van der Waals surface area contributed by atoms with Crippen LogP contribution < -0.4 is 0 Å². The first-order chi connectivity index (χ1) is 7.66. The van der Waals surface area contributed by atoms with Crippen molar-refractivity contribution in [1.29, 1.82) is 0 Å². The lowest BCUT2D eigenvalue weighted by Crippen LogP contribution is -2.34. The molecule has 0 aromatic heterocycles. The molecule has 0 unspecified atom stereocenters. The number of rotatable bonds is 1. The highest BCUT2D eigenvalue weighted by Gasteiger charge is 2.17. The molecule has 1 aliphatic rings. The van der Waals surface area contributed by atoms with E-state index < -0.39 is 0 Å². The molecule has 0 N–H and O–H groups in total. The van der Waals surface area contributed by atoms with Crippen LogP contribution in [0.4, 0.5) is 0 Å². The largest absolute Gasteiger partial charge is 0.335 e. The Bertz CT molecular complexity index is 439. The summed E-state index contributed by atoms with van der Waals surface area (Å²) in [6.07, 6.45) is 3.13. The maximum absolute atomic E-state index is 12.2. The molecule has 0 bridgehead atoms. The van der Waals surface area contributed by atoms with Gasteiger partial charge in [-0.25, -0.2) is 0 Å². The van der Waals surface area contributed by atoms with Crippen molar-refractivity contribution in [3.63, 3.8) is 0 Å². The standard InChI is InChI=1S/C13H14INO/c1-10-5-7-15(8-6-10)13(16)11-3-2-4-12(14)9-11/h2-5,9H,6-8H2,1H3. The van der Waals surface area contributed by atoms with Crippen molar-refractivity contribution in [2.75, 3.05) is 13.1 Å². The van der Waals surface area contributed by atoms with Crippen LogP contribution in [0.25, 0.3) is 0 Å². The van der Waals surface area contributed by atoms with Gasteiger partial charge in [0.1, 0.15) is 0 Å². The molecule has 0 fully saturated rings. The number of nitrogens with zero attached hydrogens (tertiary/aromatic N) is 1. The number of carbonyl (C=O) groups is 1. The average molecular weight is 327 g/mol. The third-order valence-corrected chi connectivity index (χ3v) is 3.47. The second-order valence-electron chi connectivity index (χ2n) is 4.06. The van der Waals surface area contributed by atoms with E-state index in [-0.39, 0.29) is 5.91 Å². The zero-order valence-corrected chi connectivity index (χ0v) is 11.4. The number of benzene rings is 1. The lowest BCUT2D eigenvalue weighted by atomic mass is 10.1. The summed E-state index contributed by atoms with van der Waals surface area (Å²) in [5.74, 6) is 0.141. The fourth-order valence-corrected chi connectivity index (χ4v) is 2.30. The Labute approximate surface area is 109 Å². The molecule has 1 aromatic carbocycles. The zero-order valence-electron chi connectivity index (χ0n) is 9.24. The Morgan fingerprint density at radius 2 is 2.25 bits per heavy atom. The second-order valence-corrected chi connectivity index (χ2v) is 5.31. The third-order valence-electron chi connectivity index (χ3n) is 2.79. The van der Waals surface area contributed by atoms with Crippen LogP contribution >= 0.6 is 22.6 Å². The Hall–Kier alpha value is -0.840. The molecule has 1 amide bonds. The fourth-order valence-electron chi connectivity index (χ4n) is 1.76. The maximum Gasteiger partial charge on any atom is 0.254 e. The van der Waals surface area contributed by atoms with E-state index in [2.05, 4.69) is 35.6 Å². The Morgan fingerprint density at radius 1 is 1.44 bits per heavy atom. The molecule has 0 atom stereocenters. The van der Waals surface area contributed by atoms with E-state index in [0.29, 0.717) is 0 Å². The molecule has 2 nitrogen and oxygen atoms in total. The second kappa shape index (κ2) is 4.99. The minimum atomic E-state index is 0.141. The molecular weight excluding hydrogens is 313 g/mol. The van der Waals surface area contributed by atoms with Crippen molar-refractivity contribution in [3.8, 4) is 0 Å². The highest BCUT2D eigenvalue weighted by atomic mass is 127. The van der Waals surface area contributed by atoms with Crippen molar-refractivity contribution >= 4 is 28.5 Å². The molecule has 0 aliphatic carbocycles. The van der Waals surface area contributed by atoms with Crippen molar-refractivity contribution in [2.45, 2.75) is 13.3 Å². The lowest BCUT2D eigenvalue weighted by molar-refractivity contribution is 0.0769. The van der Waals surface area contributed by atoms with Gasteiger partial charge in [0.2, 0.25) is 0 Å². The molecule has 1 aliphatic heterocycles. The third kappa shape index (κ3) is 2.64. The van der Waals surface area contributed by atoms with E-state index in [1.165, 1.54) is 5.57 Å². The summed E-state index contributed by atoms with van der Waals surface area (Å²) in [5.41, 5.74) is 2.17. The topological polar surface area (TPSA) is 20.3 Å². The van der Waals surface area contributed by atoms with Gasteiger partial charge in [-0.05, 0) is 54.1 Å². The van der Waals surface area contributed by atoms with Gasteiger partial charge >= 0.3 is 0 Å². The molecule has 0 spiro atoms. The van der Waals surface area contributed by atoms with Gasteiger partial charge < -0.3 is 4.90 Å². The predicted molar refractivity (Wildman–Crippen MR) is 73.4 cm³/mol. The van der Waals surface area contributed by atoms with E-state index in [0.717, 1.165) is 28.6 Å². The molecule has 16 heavy (non-hydrogen) atoms. The molecule has 1 aromatic rings. The molecule has 0 saturated carbocycles. The Kier molecular flexibility index (Phi) is 3.63. The first kappa shape index (κ1) is 11.6. The summed E-state index contributed by atoms with van der Waals surface area (Å²) in [6, 6.07) is 7.75. The average Bonchev–Trinajstić information content (AvgIpc) is 2.29. The SMILES string of the molecule is CC1=CCN(C(=O)c2cccc(I)c2)CC1. The lowest BCUT2D eigenvalue weighted by Gasteiger charge is -2.25. The minimum Gasteiger partial charge on any atom is -0.335 e. The quantitative estimate of drug-likeness (QED) is 0.573. The number of carbonyl (C=O) groups excluding carboxylic acids is 1. The van der Waals surface area contributed by atoms with Crippen LogP contribution in [0, 0.1) is 3.57 Å². The normalized spacial score (nSPS) is 15.9. The summed E-state index contributed by atoms with van der Waals surface area (Å²) < 4.78 is 1.10. The molecular formula is C13H14INO. The first-order valence-electron chi connectivity index (χ1n) is 5.37. The summed E-state index contributed by atoms with van der Waals surface area (Å²) >= 11 is 2.23. The van der Waals surface area contributed by atoms with Crippen LogP contribution in [0.15, 0.2) is 35.9 Å². The van der Waals surface area contributed by atoms with E-state index >= 15 is 0 Å². The van der Waals surface area contributed by atoms with Crippen LogP contribution in [0.5, 0.6) is 0 Å². The summed E-state index contributed by atoms with van der Waals surface area (Å²) in [6.45, 7) is 3.70. The van der Waals surface area contributed by atoms with Gasteiger partial charge in [-0.2, -0.15) is 0 Å². The Balaban J connectivity index is 2.14. The van der Waals surface area contributed by atoms with Gasteiger partial charge in [0.15, 0.2) is 0 Å². The summed E-state index contributed by atoms with van der Waals surface area (Å²) in [5, 5.41) is 0. The number of amides is 1. The molecule has 2 rings (SSSR count). The Morgan fingerprint density at radius 3 is 2.88 bits per heavy atom. The van der Waals surface area contributed by atoms with Crippen LogP contribution in [0.1, 0.15) is 23.7 Å². The van der Waals surface area contributed by atoms with Gasteiger partial charge in [-0.1, -0.05) is 17.7 Å². The monoisotopic (exact) mass is 327 g/mol. The zero-order chi connectivity index (χ0) is 11.5. The van der Waals surface area contributed by atoms with Crippen molar-refractivity contribution in [3.05, 3.63) is 45.0 Å². The molecule has 3 heteroatoms. The fraction of sp³-hybridized carbons (Fsp3) is 0.308.